The first-order valence-electron chi connectivity index (χ1n) is 8.88. The van der Waals surface area contributed by atoms with Crippen LogP contribution >= 0.6 is 0 Å². The SMILES string of the molecule is CC(C)C(=O)N1CCC(NC(=O)c2ccc(C(C)(C)C)cc2)CC1. The Labute approximate surface area is 145 Å². The lowest BCUT2D eigenvalue weighted by atomic mass is 9.86. The van der Waals surface area contributed by atoms with E-state index in [1.54, 1.807) is 0 Å². The zero-order valence-electron chi connectivity index (χ0n) is 15.6. The number of rotatable bonds is 3. The number of amides is 2. The number of hydrogen-bond acceptors (Lipinski definition) is 2. The maximum Gasteiger partial charge on any atom is 0.251 e. The number of nitrogens with one attached hydrogen (secondary N) is 1. The molecule has 2 rings (SSSR count). The van der Waals surface area contributed by atoms with Crippen LogP contribution in [-0.2, 0) is 10.2 Å². The molecule has 132 valence electrons. The summed E-state index contributed by atoms with van der Waals surface area (Å²) in [6, 6.07) is 7.99. The average Bonchev–Trinajstić information content (AvgIpc) is 2.54. The van der Waals surface area contributed by atoms with Gasteiger partial charge in [0.05, 0.1) is 0 Å². The molecule has 0 bridgehead atoms. The summed E-state index contributed by atoms with van der Waals surface area (Å²) in [5, 5.41) is 3.11. The first kappa shape index (κ1) is 18.5. The number of carbonyl (C=O) groups excluding carboxylic acids is 2. The fourth-order valence-electron chi connectivity index (χ4n) is 3.00. The van der Waals surface area contributed by atoms with Gasteiger partial charge in [-0.1, -0.05) is 46.8 Å². The van der Waals surface area contributed by atoms with Gasteiger partial charge in [-0.2, -0.15) is 0 Å². The summed E-state index contributed by atoms with van der Waals surface area (Å²) in [6.07, 6.45) is 1.65. The van der Waals surface area contributed by atoms with Crippen LogP contribution in [0.15, 0.2) is 24.3 Å². The topological polar surface area (TPSA) is 49.4 Å². The third-order valence-electron chi connectivity index (χ3n) is 4.65. The molecule has 1 heterocycles. The van der Waals surface area contributed by atoms with Gasteiger partial charge in [0.15, 0.2) is 0 Å². The number of benzene rings is 1. The highest BCUT2D eigenvalue weighted by molar-refractivity contribution is 5.94. The summed E-state index contributed by atoms with van der Waals surface area (Å²) in [5.74, 6) is 0.221. The summed E-state index contributed by atoms with van der Waals surface area (Å²) in [5.41, 5.74) is 2.01. The Balaban J connectivity index is 1.89. The van der Waals surface area contributed by atoms with Crippen LogP contribution in [0.3, 0.4) is 0 Å². The molecule has 0 aliphatic carbocycles. The Morgan fingerprint density at radius 1 is 1.08 bits per heavy atom. The molecule has 24 heavy (non-hydrogen) atoms. The predicted molar refractivity (Wildman–Crippen MR) is 97.0 cm³/mol. The van der Waals surface area contributed by atoms with Crippen LogP contribution in [0, 0.1) is 5.92 Å². The van der Waals surface area contributed by atoms with Crippen molar-refractivity contribution in [1.82, 2.24) is 10.2 Å². The molecular formula is C20H30N2O2. The fourth-order valence-corrected chi connectivity index (χ4v) is 3.00. The largest absolute Gasteiger partial charge is 0.349 e. The van der Waals surface area contributed by atoms with E-state index in [1.807, 2.05) is 43.0 Å². The van der Waals surface area contributed by atoms with Crippen molar-refractivity contribution in [2.75, 3.05) is 13.1 Å². The van der Waals surface area contributed by atoms with E-state index >= 15 is 0 Å². The van der Waals surface area contributed by atoms with Gasteiger partial charge in [-0.05, 0) is 36.0 Å². The molecule has 1 N–H and O–H groups in total. The minimum atomic E-state index is -0.0240. The second-order valence-corrected chi connectivity index (χ2v) is 8.06. The minimum absolute atomic E-state index is 0.0240. The molecule has 1 saturated heterocycles. The maximum absolute atomic E-state index is 12.4. The second kappa shape index (κ2) is 7.37. The van der Waals surface area contributed by atoms with Gasteiger partial charge in [-0.3, -0.25) is 9.59 Å². The maximum atomic E-state index is 12.4. The number of hydrogen-bond donors (Lipinski definition) is 1. The van der Waals surface area contributed by atoms with Crippen LogP contribution in [-0.4, -0.2) is 35.8 Å². The number of nitrogens with zero attached hydrogens (tertiary/aromatic N) is 1. The van der Waals surface area contributed by atoms with Crippen LogP contribution in [0.25, 0.3) is 0 Å². The quantitative estimate of drug-likeness (QED) is 0.924. The lowest BCUT2D eigenvalue weighted by Gasteiger charge is -2.33. The van der Waals surface area contributed by atoms with E-state index in [4.69, 9.17) is 0 Å². The highest BCUT2D eigenvalue weighted by Crippen LogP contribution is 2.22. The molecule has 0 aromatic heterocycles. The van der Waals surface area contributed by atoms with E-state index in [2.05, 4.69) is 26.1 Å². The third-order valence-corrected chi connectivity index (χ3v) is 4.65. The molecule has 0 radical (unpaired) electrons. The van der Waals surface area contributed by atoms with Crippen molar-refractivity contribution >= 4 is 11.8 Å². The van der Waals surface area contributed by atoms with Crippen LogP contribution in [0.5, 0.6) is 0 Å². The molecule has 0 spiro atoms. The van der Waals surface area contributed by atoms with Gasteiger partial charge in [-0.15, -0.1) is 0 Å². The molecule has 1 fully saturated rings. The van der Waals surface area contributed by atoms with Crippen molar-refractivity contribution in [2.24, 2.45) is 5.92 Å². The Kier molecular flexibility index (Phi) is 5.68. The Morgan fingerprint density at radius 3 is 2.08 bits per heavy atom. The standard InChI is InChI=1S/C20H30N2O2/c1-14(2)19(24)22-12-10-17(11-13-22)21-18(23)15-6-8-16(9-7-15)20(3,4)5/h6-9,14,17H,10-13H2,1-5H3,(H,21,23). The summed E-state index contributed by atoms with van der Waals surface area (Å²) >= 11 is 0. The average molecular weight is 330 g/mol. The molecule has 1 aliphatic heterocycles. The fraction of sp³-hybridized carbons (Fsp3) is 0.600. The normalized spacial score (nSPS) is 16.3. The Morgan fingerprint density at radius 2 is 1.62 bits per heavy atom. The van der Waals surface area contributed by atoms with Crippen LogP contribution < -0.4 is 5.32 Å². The first-order chi connectivity index (χ1) is 11.2. The van der Waals surface area contributed by atoms with Gasteiger partial charge in [0.1, 0.15) is 0 Å². The van der Waals surface area contributed by atoms with E-state index < -0.39 is 0 Å². The minimum Gasteiger partial charge on any atom is -0.349 e. The monoisotopic (exact) mass is 330 g/mol. The summed E-state index contributed by atoms with van der Waals surface area (Å²) in [7, 11) is 0. The van der Waals surface area contributed by atoms with Gasteiger partial charge in [0.25, 0.3) is 5.91 Å². The predicted octanol–water partition coefficient (Wildman–Crippen LogP) is 3.36. The first-order valence-corrected chi connectivity index (χ1v) is 8.88. The van der Waals surface area contributed by atoms with Crippen molar-refractivity contribution < 1.29 is 9.59 Å². The van der Waals surface area contributed by atoms with Crippen LogP contribution in [0.2, 0.25) is 0 Å². The van der Waals surface area contributed by atoms with E-state index in [0.717, 1.165) is 25.9 Å². The van der Waals surface area contributed by atoms with E-state index in [9.17, 15) is 9.59 Å². The van der Waals surface area contributed by atoms with Crippen molar-refractivity contribution in [2.45, 2.75) is 58.9 Å². The highest BCUT2D eigenvalue weighted by Gasteiger charge is 2.25. The number of carbonyl (C=O) groups is 2. The number of likely N-dealkylation sites (tertiary alicyclic amines) is 1. The molecule has 0 saturated carbocycles. The van der Waals surface area contributed by atoms with Gasteiger partial charge in [0, 0.05) is 30.6 Å². The lowest BCUT2D eigenvalue weighted by Crippen LogP contribution is -2.47. The summed E-state index contributed by atoms with van der Waals surface area (Å²) in [6.45, 7) is 11.8. The molecule has 2 amide bonds. The van der Waals surface area contributed by atoms with Gasteiger partial charge in [0.2, 0.25) is 5.91 Å². The molecule has 0 atom stereocenters. The van der Waals surface area contributed by atoms with Crippen molar-refractivity contribution in [1.29, 1.82) is 0 Å². The number of piperidine rings is 1. The van der Waals surface area contributed by atoms with Crippen molar-refractivity contribution in [3.63, 3.8) is 0 Å². The third kappa shape index (κ3) is 4.59. The second-order valence-electron chi connectivity index (χ2n) is 8.06. The van der Waals surface area contributed by atoms with Gasteiger partial charge in [-0.25, -0.2) is 0 Å². The molecule has 0 unspecified atom stereocenters. The van der Waals surface area contributed by atoms with Gasteiger partial charge < -0.3 is 10.2 Å². The smallest absolute Gasteiger partial charge is 0.251 e. The molecule has 1 aliphatic rings. The molecule has 1 aromatic carbocycles. The zero-order chi connectivity index (χ0) is 17.9. The Bertz CT molecular complexity index is 577. The van der Waals surface area contributed by atoms with E-state index in [0.29, 0.717) is 5.56 Å². The van der Waals surface area contributed by atoms with E-state index in [-0.39, 0.29) is 29.2 Å². The van der Waals surface area contributed by atoms with Gasteiger partial charge >= 0.3 is 0 Å². The summed E-state index contributed by atoms with van der Waals surface area (Å²) < 4.78 is 0. The lowest BCUT2D eigenvalue weighted by molar-refractivity contribution is -0.135. The van der Waals surface area contributed by atoms with E-state index in [1.165, 1.54) is 5.56 Å². The van der Waals surface area contributed by atoms with Crippen LogP contribution in [0.4, 0.5) is 0 Å². The van der Waals surface area contributed by atoms with Crippen molar-refractivity contribution in [3.05, 3.63) is 35.4 Å². The molecule has 1 aromatic rings. The molecular weight excluding hydrogens is 300 g/mol. The van der Waals surface area contributed by atoms with Crippen LogP contribution in [0.1, 0.15) is 63.4 Å². The highest BCUT2D eigenvalue weighted by atomic mass is 16.2. The Hall–Kier alpha value is -1.84. The molecule has 4 nitrogen and oxygen atoms in total. The summed E-state index contributed by atoms with van der Waals surface area (Å²) in [4.78, 5) is 26.3. The zero-order valence-corrected chi connectivity index (χ0v) is 15.6. The molecule has 4 heteroatoms. The van der Waals surface area contributed by atoms with Crippen molar-refractivity contribution in [3.8, 4) is 0 Å².